The molecule has 2 heteroatoms. The molecule has 0 heterocycles. The Morgan fingerprint density at radius 3 is 2.69 bits per heavy atom. The van der Waals surface area contributed by atoms with Crippen molar-refractivity contribution in [3.8, 4) is 0 Å². The van der Waals surface area contributed by atoms with Crippen LogP contribution in [0.25, 0.3) is 0 Å². The second-order valence-corrected chi connectivity index (χ2v) is 3.16. The molecule has 0 saturated carbocycles. The molecule has 0 bridgehead atoms. The van der Waals surface area contributed by atoms with E-state index in [0.717, 1.165) is 32.4 Å². The molecule has 0 aromatic heterocycles. The first-order chi connectivity index (χ1) is 6.31. The van der Waals surface area contributed by atoms with E-state index in [0.29, 0.717) is 0 Å². The summed E-state index contributed by atoms with van der Waals surface area (Å²) in [5.74, 6) is 0. The van der Waals surface area contributed by atoms with Gasteiger partial charge in [-0.25, -0.2) is 0 Å². The number of likely N-dealkylation sites (N-methyl/N-ethyl adjacent to an activating group) is 1. The molecule has 0 aromatic carbocycles. The fourth-order valence-corrected chi connectivity index (χ4v) is 1.07. The molecule has 0 radical (unpaired) electrons. The predicted octanol–water partition coefficient (Wildman–Crippen LogP) is 1.82. The highest BCUT2D eigenvalue weighted by Gasteiger charge is 1.94. The van der Waals surface area contributed by atoms with Crippen LogP contribution in [0.1, 0.15) is 19.3 Å². The van der Waals surface area contributed by atoms with E-state index >= 15 is 0 Å². The standard InChI is InChI=1S/C11H21NO/c1-3-4-5-6-7-8-9-12(2)10-11-13/h3,5-6,13H,1,4,7-11H2,2H3. The molecule has 2 nitrogen and oxygen atoms in total. The lowest BCUT2D eigenvalue weighted by molar-refractivity contribution is 0.220. The molecular formula is C11H21NO. The Balaban J connectivity index is 3.19. The molecule has 0 rings (SSSR count). The Morgan fingerprint density at radius 2 is 2.08 bits per heavy atom. The number of allylic oxidation sites excluding steroid dienone is 3. The third-order valence-corrected chi connectivity index (χ3v) is 1.86. The molecular weight excluding hydrogens is 162 g/mol. The maximum Gasteiger partial charge on any atom is 0.0558 e. The molecule has 1 N–H and O–H groups in total. The van der Waals surface area contributed by atoms with Crippen molar-refractivity contribution in [2.45, 2.75) is 19.3 Å². The monoisotopic (exact) mass is 183 g/mol. The van der Waals surface area contributed by atoms with Gasteiger partial charge in [0.05, 0.1) is 6.61 Å². The van der Waals surface area contributed by atoms with E-state index in [2.05, 4.69) is 23.6 Å². The Hall–Kier alpha value is -0.600. The number of aliphatic hydroxyl groups excluding tert-OH is 1. The normalized spacial score (nSPS) is 11.3. The number of unbranched alkanes of at least 4 members (excludes halogenated alkanes) is 1. The van der Waals surface area contributed by atoms with Crippen molar-refractivity contribution in [1.82, 2.24) is 4.90 Å². The van der Waals surface area contributed by atoms with Gasteiger partial charge in [0.1, 0.15) is 0 Å². The molecule has 0 fully saturated rings. The van der Waals surface area contributed by atoms with Gasteiger partial charge in [0.15, 0.2) is 0 Å². The largest absolute Gasteiger partial charge is 0.395 e. The molecule has 0 aliphatic heterocycles. The highest BCUT2D eigenvalue weighted by molar-refractivity contribution is 4.88. The van der Waals surface area contributed by atoms with Gasteiger partial charge in [-0.15, -0.1) is 6.58 Å². The van der Waals surface area contributed by atoms with Crippen LogP contribution in [0, 0.1) is 0 Å². The van der Waals surface area contributed by atoms with E-state index in [9.17, 15) is 0 Å². The fourth-order valence-electron chi connectivity index (χ4n) is 1.07. The van der Waals surface area contributed by atoms with Crippen molar-refractivity contribution < 1.29 is 5.11 Å². The van der Waals surface area contributed by atoms with Crippen LogP contribution < -0.4 is 0 Å². The Bertz CT molecular complexity index is 143. The number of hydrogen-bond acceptors (Lipinski definition) is 2. The topological polar surface area (TPSA) is 23.5 Å². The lowest BCUT2D eigenvalue weighted by atomic mass is 10.2. The Labute approximate surface area is 81.6 Å². The third kappa shape index (κ3) is 9.31. The number of nitrogens with zero attached hydrogens (tertiary/aromatic N) is 1. The summed E-state index contributed by atoms with van der Waals surface area (Å²) in [4.78, 5) is 2.14. The van der Waals surface area contributed by atoms with Gasteiger partial charge in [-0.3, -0.25) is 0 Å². The van der Waals surface area contributed by atoms with Crippen LogP contribution in [0.3, 0.4) is 0 Å². The first-order valence-electron chi connectivity index (χ1n) is 4.86. The number of aliphatic hydroxyl groups is 1. The quantitative estimate of drug-likeness (QED) is 0.458. The van der Waals surface area contributed by atoms with Crippen LogP contribution in [0.4, 0.5) is 0 Å². The summed E-state index contributed by atoms with van der Waals surface area (Å²) in [6.45, 7) is 5.73. The zero-order valence-electron chi connectivity index (χ0n) is 8.58. The smallest absolute Gasteiger partial charge is 0.0558 e. The SMILES string of the molecule is C=CCC=CCCCN(C)CCO. The highest BCUT2D eigenvalue weighted by atomic mass is 16.3. The average Bonchev–Trinajstić information content (AvgIpc) is 2.11. The van der Waals surface area contributed by atoms with Gasteiger partial charge < -0.3 is 10.0 Å². The molecule has 0 spiro atoms. The van der Waals surface area contributed by atoms with Crippen LogP contribution in [0.2, 0.25) is 0 Å². The van der Waals surface area contributed by atoms with Crippen molar-refractivity contribution >= 4 is 0 Å². The maximum atomic E-state index is 8.64. The minimum atomic E-state index is 0.253. The zero-order chi connectivity index (χ0) is 9.94. The van der Waals surface area contributed by atoms with Gasteiger partial charge in [0.2, 0.25) is 0 Å². The van der Waals surface area contributed by atoms with Crippen molar-refractivity contribution in [2.24, 2.45) is 0 Å². The van der Waals surface area contributed by atoms with Crippen molar-refractivity contribution in [3.05, 3.63) is 24.8 Å². The van der Waals surface area contributed by atoms with Crippen LogP contribution in [-0.4, -0.2) is 36.8 Å². The summed E-state index contributed by atoms with van der Waals surface area (Å²) < 4.78 is 0. The van der Waals surface area contributed by atoms with E-state index in [4.69, 9.17) is 5.11 Å². The van der Waals surface area contributed by atoms with Crippen LogP contribution in [0.5, 0.6) is 0 Å². The highest BCUT2D eigenvalue weighted by Crippen LogP contribution is 1.95. The van der Waals surface area contributed by atoms with E-state index in [1.54, 1.807) is 0 Å². The van der Waals surface area contributed by atoms with Gasteiger partial charge in [-0.1, -0.05) is 18.2 Å². The lowest BCUT2D eigenvalue weighted by Gasteiger charge is -2.13. The van der Waals surface area contributed by atoms with Gasteiger partial charge in [-0.05, 0) is 32.9 Å². The molecule has 0 atom stereocenters. The van der Waals surface area contributed by atoms with E-state index < -0.39 is 0 Å². The molecule has 13 heavy (non-hydrogen) atoms. The summed E-state index contributed by atoms with van der Waals surface area (Å²) in [6.07, 6.45) is 9.46. The van der Waals surface area contributed by atoms with E-state index in [1.807, 2.05) is 13.1 Å². The van der Waals surface area contributed by atoms with Crippen molar-refractivity contribution in [2.75, 3.05) is 26.7 Å². The third-order valence-electron chi connectivity index (χ3n) is 1.86. The second-order valence-electron chi connectivity index (χ2n) is 3.16. The van der Waals surface area contributed by atoms with Gasteiger partial charge >= 0.3 is 0 Å². The number of hydrogen-bond donors (Lipinski definition) is 1. The first kappa shape index (κ1) is 12.4. The Kier molecular flexibility index (Phi) is 9.05. The lowest BCUT2D eigenvalue weighted by Crippen LogP contribution is -2.22. The summed E-state index contributed by atoms with van der Waals surface area (Å²) in [5, 5.41) is 8.64. The van der Waals surface area contributed by atoms with Gasteiger partial charge in [0, 0.05) is 6.54 Å². The predicted molar refractivity (Wildman–Crippen MR) is 57.8 cm³/mol. The van der Waals surface area contributed by atoms with E-state index in [1.165, 1.54) is 0 Å². The fraction of sp³-hybridized carbons (Fsp3) is 0.636. The zero-order valence-corrected chi connectivity index (χ0v) is 8.58. The van der Waals surface area contributed by atoms with Crippen LogP contribution in [0.15, 0.2) is 24.8 Å². The Morgan fingerprint density at radius 1 is 1.31 bits per heavy atom. The average molecular weight is 183 g/mol. The molecule has 0 aromatic rings. The molecule has 0 amide bonds. The van der Waals surface area contributed by atoms with E-state index in [-0.39, 0.29) is 6.61 Å². The van der Waals surface area contributed by atoms with Gasteiger partial charge in [-0.2, -0.15) is 0 Å². The maximum absolute atomic E-state index is 8.64. The summed E-state index contributed by atoms with van der Waals surface area (Å²) in [7, 11) is 2.03. The van der Waals surface area contributed by atoms with Crippen molar-refractivity contribution in [3.63, 3.8) is 0 Å². The minimum absolute atomic E-state index is 0.253. The first-order valence-corrected chi connectivity index (χ1v) is 4.86. The molecule has 0 unspecified atom stereocenters. The second kappa shape index (κ2) is 9.49. The summed E-state index contributed by atoms with van der Waals surface area (Å²) >= 11 is 0. The summed E-state index contributed by atoms with van der Waals surface area (Å²) in [6, 6.07) is 0. The number of rotatable bonds is 8. The summed E-state index contributed by atoms with van der Waals surface area (Å²) in [5.41, 5.74) is 0. The molecule has 0 aliphatic carbocycles. The molecule has 76 valence electrons. The molecule has 0 saturated heterocycles. The van der Waals surface area contributed by atoms with Crippen LogP contribution in [-0.2, 0) is 0 Å². The van der Waals surface area contributed by atoms with Crippen molar-refractivity contribution in [1.29, 1.82) is 0 Å². The minimum Gasteiger partial charge on any atom is -0.395 e. The van der Waals surface area contributed by atoms with Crippen LogP contribution >= 0.6 is 0 Å². The van der Waals surface area contributed by atoms with Gasteiger partial charge in [0.25, 0.3) is 0 Å². The molecule has 0 aliphatic rings.